The van der Waals surface area contributed by atoms with Crippen LogP contribution in [0.5, 0.6) is 0 Å². The molecule has 102 valence electrons. The summed E-state index contributed by atoms with van der Waals surface area (Å²) in [6.45, 7) is 2.03. The van der Waals surface area contributed by atoms with E-state index < -0.39 is 0 Å². The number of aromatic nitrogens is 2. The van der Waals surface area contributed by atoms with Crippen molar-refractivity contribution in [3.63, 3.8) is 0 Å². The molecule has 1 aliphatic heterocycles. The first-order valence-electron chi connectivity index (χ1n) is 7.11. The highest BCUT2D eigenvalue weighted by Crippen LogP contribution is 2.46. The van der Waals surface area contributed by atoms with Crippen LogP contribution >= 0.6 is 0 Å². The summed E-state index contributed by atoms with van der Waals surface area (Å²) in [4.78, 5) is 2.24. The third kappa shape index (κ3) is 2.29. The zero-order valence-electron chi connectivity index (χ0n) is 11.2. The highest BCUT2D eigenvalue weighted by molar-refractivity contribution is 5.99. The Balaban J connectivity index is 1.76. The molecule has 3 N–H and O–H groups in total. The molecule has 1 aromatic rings. The molecule has 2 fully saturated rings. The molecule has 3 rings (SSSR count). The Kier molecular flexibility index (Phi) is 3.12. The molecule has 1 aromatic heterocycles. The van der Waals surface area contributed by atoms with Crippen molar-refractivity contribution in [1.29, 1.82) is 5.41 Å². The van der Waals surface area contributed by atoms with Crippen LogP contribution in [-0.4, -0.2) is 29.1 Å². The fourth-order valence-corrected chi connectivity index (χ4v) is 3.59. The molecule has 1 saturated carbocycles. The smallest absolute Gasteiger partial charge is 0.162 e. The van der Waals surface area contributed by atoms with Gasteiger partial charge in [-0.05, 0) is 37.2 Å². The monoisotopic (exact) mass is 259 g/mol. The first-order chi connectivity index (χ1) is 9.20. The van der Waals surface area contributed by atoms with Crippen LogP contribution in [0.4, 0.5) is 5.82 Å². The van der Waals surface area contributed by atoms with Gasteiger partial charge in [0.25, 0.3) is 0 Å². The number of nitrogens with one attached hydrogen (secondary N) is 1. The molecule has 0 radical (unpaired) electrons. The quantitative estimate of drug-likeness (QED) is 0.628. The van der Waals surface area contributed by atoms with Gasteiger partial charge in [-0.15, -0.1) is 5.10 Å². The first kappa shape index (κ1) is 12.4. The van der Waals surface area contributed by atoms with E-state index in [-0.39, 0.29) is 5.84 Å². The summed E-state index contributed by atoms with van der Waals surface area (Å²) in [6, 6.07) is 1.78. The Labute approximate surface area is 113 Å². The molecule has 19 heavy (non-hydrogen) atoms. The van der Waals surface area contributed by atoms with Gasteiger partial charge in [0.05, 0.1) is 11.8 Å². The van der Waals surface area contributed by atoms with E-state index >= 15 is 0 Å². The molecular formula is C14H21N5. The summed E-state index contributed by atoms with van der Waals surface area (Å²) < 4.78 is 0. The second-order valence-corrected chi connectivity index (χ2v) is 5.88. The fourth-order valence-electron chi connectivity index (χ4n) is 3.59. The maximum absolute atomic E-state index is 7.64. The molecule has 5 heteroatoms. The molecule has 0 amide bonds. The Morgan fingerprint density at radius 1 is 1.21 bits per heavy atom. The van der Waals surface area contributed by atoms with Gasteiger partial charge in [0, 0.05) is 13.1 Å². The van der Waals surface area contributed by atoms with E-state index in [1.165, 1.54) is 38.5 Å². The molecule has 2 heterocycles. The van der Waals surface area contributed by atoms with Crippen molar-refractivity contribution in [2.45, 2.75) is 38.5 Å². The minimum atomic E-state index is 0.0750. The van der Waals surface area contributed by atoms with Crippen LogP contribution in [0.25, 0.3) is 0 Å². The molecule has 2 aliphatic rings. The molecule has 0 bridgehead atoms. The van der Waals surface area contributed by atoms with Crippen LogP contribution in [0.15, 0.2) is 12.3 Å². The van der Waals surface area contributed by atoms with Crippen molar-refractivity contribution in [3.05, 3.63) is 17.8 Å². The number of hydrogen-bond acceptors (Lipinski definition) is 4. The SMILES string of the molecule is N=C(N)c1ccnnc1N1CCC2(CCCC2)CC1. The summed E-state index contributed by atoms with van der Waals surface area (Å²) in [5.74, 6) is 0.855. The molecule has 1 spiro atoms. The lowest BCUT2D eigenvalue weighted by atomic mass is 9.77. The van der Waals surface area contributed by atoms with Gasteiger partial charge in [-0.25, -0.2) is 0 Å². The average Bonchev–Trinajstić information content (AvgIpc) is 2.88. The van der Waals surface area contributed by atoms with Crippen LogP contribution in [0, 0.1) is 10.8 Å². The number of nitrogens with zero attached hydrogens (tertiary/aromatic N) is 3. The van der Waals surface area contributed by atoms with E-state index in [0.29, 0.717) is 11.0 Å². The van der Waals surface area contributed by atoms with E-state index in [2.05, 4.69) is 15.1 Å². The van der Waals surface area contributed by atoms with Crippen LogP contribution < -0.4 is 10.6 Å². The van der Waals surface area contributed by atoms with Gasteiger partial charge in [0.15, 0.2) is 5.82 Å². The second kappa shape index (κ2) is 4.79. The molecule has 1 saturated heterocycles. The fraction of sp³-hybridized carbons (Fsp3) is 0.643. The summed E-state index contributed by atoms with van der Waals surface area (Å²) in [6.07, 6.45) is 9.64. The topological polar surface area (TPSA) is 78.9 Å². The van der Waals surface area contributed by atoms with Gasteiger partial charge in [-0.2, -0.15) is 5.10 Å². The van der Waals surface area contributed by atoms with Crippen molar-refractivity contribution in [2.24, 2.45) is 11.1 Å². The van der Waals surface area contributed by atoms with E-state index in [9.17, 15) is 0 Å². The molecule has 0 unspecified atom stereocenters. The van der Waals surface area contributed by atoms with Crippen molar-refractivity contribution in [3.8, 4) is 0 Å². The lowest BCUT2D eigenvalue weighted by molar-refractivity contribution is 0.226. The summed E-state index contributed by atoms with van der Waals surface area (Å²) in [5.41, 5.74) is 6.92. The number of anilines is 1. The third-order valence-electron chi connectivity index (χ3n) is 4.78. The molecular weight excluding hydrogens is 238 g/mol. The van der Waals surface area contributed by atoms with Gasteiger partial charge >= 0.3 is 0 Å². The van der Waals surface area contributed by atoms with Gasteiger partial charge in [-0.1, -0.05) is 12.8 Å². The van der Waals surface area contributed by atoms with Gasteiger partial charge < -0.3 is 10.6 Å². The standard InChI is InChI=1S/C14H21N5/c15-12(16)11-3-8-17-18-13(11)19-9-6-14(7-10-19)4-1-2-5-14/h3,8H,1-2,4-7,9-10H2,(H3,15,16). The summed E-state index contributed by atoms with van der Waals surface area (Å²) >= 11 is 0. The minimum Gasteiger partial charge on any atom is -0.384 e. The number of rotatable bonds is 2. The summed E-state index contributed by atoms with van der Waals surface area (Å²) in [5, 5.41) is 15.8. The molecule has 1 aliphatic carbocycles. The van der Waals surface area contributed by atoms with E-state index in [0.717, 1.165) is 18.9 Å². The highest BCUT2D eigenvalue weighted by atomic mass is 15.3. The number of nitrogen functional groups attached to an aromatic ring is 1. The maximum atomic E-state index is 7.64. The molecule has 5 nitrogen and oxygen atoms in total. The van der Waals surface area contributed by atoms with Gasteiger partial charge in [0.2, 0.25) is 0 Å². The van der Waals surface area contributed by atoms with Gasteiger partial charge in [0.1, 0.15) is 5.84 Å². The predicted molar refractivity (Wildman–Crippen MR) is 75.4 cm³/mol. The molecule has 0 atom stereocenters. The predicted octanol–water partition coefficient (Wildman–Crippen LogP) is 1.92. The number of amidine groups is 1. The zero-order valence-corrected chi connectivity index (χ0v) is 11.2. The third-order valence-corrected chi connectivity index (χ3v) is 4.78. The van der Waals surface area contributed by atoms with Crippen LogP contribution in [0.3, 0.4) is 0 Å². The van der Waals surface area contributed by atoms with Crippen molar-refractivity contribution in [2.75, 3.05) is 18.0 Å². The second-order valence-electron chi connectivity index (χ2n) is 5.88. The van der Waals surface area contributed by atoms with Crippen LogP contribution in [0.1, 0.15) is 44.1 Å². The van der Waals surface area contributed by atoms with E-state index in [1.807, 2.05) is 0 Å². The van der Waals surface area contributed by atoms with E-state index in [4.69, 9.17) is 11.1 Å². The Morgan fingerprint density at radius 2 is 1.89 bits per heavy atom. The van der Waals surface area contributed by atoms with Crippen molar-refractivity contribution < 1.29 is 0 Å². The first-order valence-corrected chi connectivity index (χ1v) is 7.11. The number of piperidine rings is 1. The Morgan fingerprint density at radius 3 is 2.53 bits per heavy atom. The van der Waals surface area contributed by atoms with Crippen LogP contribution in [0.2, 0.25) is 0 Å². The zero-order chi connectivity index (χ0) is 13.3. The van der Waals surface area contributed by atoms with Gasteiger partial charge in [-0.3, -0.25) is 5.41 Å². The molecule has 0 aromatic carbocycles. The lowest BCUT2D eigenvalue weighted by Crippen LogP contribution is -2.40. The summed E-state index contributed by atoms with van der Waals surface area (Å²) in [7, 11) is 0. The average molecular weight is 259 g/mol. The Bertz CT molecular complexity index is 468. The van der Waals surface area contributed by atoms with Crippen LogP contribution in [-0.2, 0) is 0 Å². The normalized spacial score (nSPS) is 21.8. The largest absolute Gasteiger partial charge is 0.384 e. The Hall–Kier alpha value is -1.65. The number of nitrogens with two attached hydrogens (primary N) is 1. The minimum absolute atomic E-state index is 0.0750. The number of hydrogen-bond donors (Lipinski definition) is 2. The maximum Gasteiger partial charge on any atom is 0.162 e. The highest BCUT2D eigenvalue weighted by Gasteiger charge is 2.37. The van der Waals surface area contributed by atoms with Crippen molar-refractivity contribution in [1.82, 2.24) is 10.2 Å². The van der Waals surface area contributed by atoms with E-state index in [1.54, 1.807) is 12.3 Å². The van der Waals surface area contributed by atoms with Crippen molar-refractivity contribution >= 4 is 11.7 Å². The lowest BCUT2D eigenvalue weighted by Gasteiger charge is -2.40.